The van der Waals surface area contributed by atoms with Crippen molar-refractivity contribution in [2.45, 2.75) is 13.3 Å². The first kappa shape index (κ1) is 13.4. The first-order chi connectivity index (χ1) is 9.63. The van der Waals surface area contributed by atoms with E-state index in [0.717, 1.165) is 26.1 Å². The van der Waals surface area contributed by atoms with E-state index in [1.54, 1.807) is 11.3 Å². The lowest BCUT2D eigenvalue weighted by molar-refractivity contribution is 0.0987. The van der Waals surface area contributed by atoms with Crippen LogP contribution in [-0.2, 0) is 6.42 Å². The van der Waals surface area contributed by atoms with Crippen molar-refractivity contribution >= 4 is 44.0 Å². The van der Waals surface area contributed by atoms with E-state index in [4.69, 9.17) is 0 Å². The fourth-order valence-electron chi connectivity index (χ4n) is 2.02. The lowest BCUT2D eigenvalue weighted by Gasteiger charge is -2.04. The highest BCUT2D eigenvalue weighted by molar-refractivity contribution is 9.10. The van der Waals surface area contributed by atoms with Crippen LogP contribution in [0.2, 0.25) is 0 Å². The topological polar surface area (TPSA) is 42.9 Å². The van der Waals surface area contributed by atoms with Gasteiger partial charge in [-0.25, -0.2) is 9.97 Å². The molecule has 20 heavy (non-hydrogen) atoms. The Balaban J connectivity index is 1.96. The molecule has 0 radical (unpaired) electrons. The van der Waals surface area contributed by atoms with Gasteiger partial charge < -0.3 is 0 Å². The Morgan fingerprint density at radius 3 is 2.85 bits per heavy atom. The Morgan fingerprint density at radius 2 is 2.10 bits per heavy atom. The van der Waals surface area contributed by atoms with E-state index in [2.05, 4.69) is 25.9 Å². The van der Waals surface area contributed by atoms with Gasteiger partial charge in [-0.1, -0.05) is 18.2 Å². The molecule has 0 N–H and O–H groups in total. The van der Waals surface area contributed by atoms with Gasteiger partial charge in [0.1, 0.15) is 5.69 Å². The molecule has 100 valence electrons. The zero-order valence-corrected chi connectivity index (χ0v) is 13.2. The van der Waals surface area contributed by atoms with Crippen LogP contribution in [0.4, 0.5) is 0 Å². The number of pyridine rings is 1. The second-order valence-electron chi connectivity index (χ2n) is 4.47. The fraction of sp³-hybridized carbons (Fsp3) is 0.133. The first-order valence-corrected chi connectivity index (χ1v) is 7.80. The summed E-state index contributed by atoms with van der Waals surface area (Å²) < 4.78 is 0.730. The van der Waals surface area contributed by atoms with Gasteiger partial charge in [0.25, 0.3) is 0 Å². The molecule has 5 heteroatoms. The summed E-state index contributed by atoms with van der Waals surface area (Å²) in [6, 6.07) is 9.69. The van der Waals surface area contributed by atoms with Crippen LogP contribution >= 0.6 is 27.3 Å². The number of benzene rings is 1. The average Bonchev–Trinajstić information content (AvgIpc) is 2.83. The van der Waals surface area contributed by atoms with Crippen molar-refractivity contribution in [3.8, 4) is 0 Å². The summed E-state index contributed by atoms with van der Waals surface area (Å²) in [6.45, 7) is 1.93. The summed E-state index contributed by atoms with van der Waals surface area (Å²) >= 11 is 4.99. The Labute approximate surface area is 128 Å². The molecule has 0 atom stereocenters. The van der Waals surface area contributed by atoms with Crippen molar-refractivity contribution in [1.29, 1.82) is 0 Å². The maximum absolute atomic E-state index is 12.4. The molecule has 0 saturated heterocycles. The number of aromatic nitrogens is 2. The minimum atomic E-state index is -0.0204. The standard InChI is InChI=1S/C15H11BrN2OS/c1-9-17-11(8-20-9)7-14(19)15-12(16)6-10-4-2-3-5-13(10)18-15/h2-6,8H,7H2,1H3. The molecule has 1 aromatic carbocycles. The zero-order chi connectivity index (χ0) is 14.1. The maximum atomic E-state index is 12.4. The zero-order valence-electron chi connectivity index (χ0n) is 10.8. The number of Topliss-reactive ketones (excluding diaryl/α,β-unsaturated/α-hetero) is 1. The molecule has 3 rings (SSSR count). The molecular formula is C15H11BrN2OS. The van der Waals surface area contributed by atoms with Gasteiger partial charge in [-0.05, 0) is 35.0 Å². The highest BCUT2D eigenvalue weighted by Crippen LogP contribution is 2.23. The van der Waals surface area contributed by atoms with Crippen LogP contribution < -0.4 is 0 Å². The number of carbonyl (C=O) groups excluding carboxylic acids is 1. The SMILES string of the molecule is Cc1nc(CC(=O)c2nc3ccccc3cc2Br)cs1. The number of carbonyl (C=O) groups is 1. The van der Waals surface area contributed by atoms with E-state index >= 15 is 0 Å². The molecule has 0 amide bonds. The van der Waals surface area contributed by atoms with Gasteiger partial charge in [-0.3, -0.25) is 4.79 Å². The van der Waals surface area contributed by atoms with Crippen molar-refractivity contribution in [3.63, 3.8) is 0 Å². The van der Waals surface area contributed by atoms with Crippen molar-refractivity contribution in [1.82, 2.24) is 9.97 Å². The van der Waals surface area contributed by atoms with Crippen LogP contribution in [0.25, 0.3) is 10.9 Å². The number of hydrogen-bond acceptors (Lipinski definition) is 4. The summed E-state index contributed by atoms with van der Waals surface area (Å²) in [5.41, 5.74) is 2.10. The molecule has 0 bridgehead atoms. The van der Waals surface area contributed by atoms with Gasteiger partial charge in [-0.15, -0.1) is 11.3 Å². The molecule has 0 aliphatic rings. The van der Waals surface area contributed by atoms with Crippen LogP contribution in [-0.4, -0.2) is 15.8 Å². The third kappa shape index (κ3) is 2.64. The molecule has 0 spiro atoms. The number of rotatable bonds is 3. The van der Waals surface area contributed by atoms with E-state index in [9.17, 15) is 4.79 Å². The quantitative estimate of drug-likeness (QED) is 0.668. The van der Waals surface area contributed by atoms with Crippen LogP contribution in [0.15, 0.2) is 40.2 Å². The lowest BCUT2D eigenvalue weighted by Crippen LogP contribution is -2.07. The van der Waals surface area contributed by atoms with Crippen molar-refractivity contribution < 1.29 is 4.79 Å². The number of ketones is 1. The van der Waals surface area contributed by atoms with Crippen LogP contribution in [0.1, 0.15) is 21.2 Å². The lowest BCUT2D eigenvalue weighted by atomic mass is 10.1. The van der Waals surface area contributed by atoms with E-state index in [1.807, 2.05) is 42.6 Å². The van der Waals surface area contributed by atoms with Gasteiger partial charge in [0.2, 0.25) is 0 Å². The monoisotopic (exact) mass is 346 g/mol. The molecule has 3 nitrogen and oxygen atoms in total. The highest BCUT2D eigenvalue weighted by atomic mass is 79.9. The van der Waals surface area contributed by atoms with E-state index in [0.29, 0.717) is 5.69 Å². The smallest absolute Gasteiger partial charge is 0.188 e. The Kier molecular flexibility index (Phi) is 3.63. The summed E-state index contributed by atoms with van der Waals surface area (Å²) in [4.78, 5) is 21.1. The molecule has 0 saturated carbocycles. The molecule has 0 aliphatic heterocycles. The van der Waals surface area contributed by atoms with Crippen molar-refractivity contribution in [3.05, 3.63) is 56.6 Å². The second-order valence-corrected chi connectivity index (χ2v) is 6.39. The molecule has 0 fully saturated rings. The van der Waals surface area contributed by atoms with Crippen LogP contribution in [0.3, 0.4) is 0 Å². The number of fused-ring (bicyclic) bond motifs is 1. The van der Waals surface area contributed by atoms with Crippen LogP contribution in [0.5, 0.6) is 0 Å². The third-order valence-electron chi connectivity index (χ3n) is 2.95. The van der Waals surface area contributed by atoms with Crippen molar-refractivity contribution in [2.24, 2.45) is 0 Å². The molecular weight excluding hydrogens is 336 g/mol. The Hall–Kier alpha value is -1.59. The fourth-order valence-corrected chi connectivity index (χ4v) is 3.19. The number of thiazole rings is 1. The summed E-state index contributed by atoms with van der Waals surface area (Å²) in [6.07, 6.45) is 0.286. The van der Waals surface area contributed by atoms with E-state index in [-0.39, 0.29) is 12.2 Å². The average molecular weight is 347 g/mol. The summed E-state index contributed by atoms with van der Waals surface area (Å²) in [5, 5.41) is 3.90. The van der Waals surface area contributed by atoms with E-state index in [1.165, 1.54) is 0 Å². The minimum absolute atomic E-state index is 0.0204. The molecule has 0 aliphatic carbocycles. The normalized spacial score (nSPS) is 10.9. The van der Waals surface area contributed by atoms with Gasteiger partial charge in [-0.2, -0.15) is 0 Å². The van der Waals surface area contributed by atoms with Gasteiger partial charge >= 0.3 is 0 Å². The number of aryl methyl sites for hydroxylation is 1. The predicted octanol–water partition coefficient (Wildman–Crippen LogP) is 4.19. The molecule has 3 aromatic rings. The first-order valence-electron chi connectivity index (χ1n) is 6.13. The predicted molar refractivity (Wildman–Crippen MR) is 84.3 cm³/mol. The number of hydrogen-bond donors (Lipinski definition) is 0. The summed E-state index contributed by atoms with van der Waals surface area (Å²) in [5.74, 6) is -0.0204. The van der Waals surface area contributed by atoms with Gasteiger partial charge in [0.15, 0.2) is 5.78 Å². The molecule has 2 heterocycles. The Morgan fingerprint density at radius 1 is 1.30 bits per heavy atom. The number of halogens is 1. The van der Waals surface area contributed by atoms with Gasteiger partial charge in [0.05, 0.1) is 22.6 Å². The molecule has 2 aromatic heterocycles. The largest absolute Gasteiger partial charge is 0.292 e. The number of nitrogens with zero attached hydrogens (tertiary/aromatic N) is 2. The maximum Gasteiger partial charge on any atom is 0.188 e. The minimum Gasteiger partial charge on any atom is -0.292 e. The van der Waals surface area contributed by atoms with Crippen molar-refractivity contribution in [2.75, 3.05) is 0 Å². The third-order valence-corrected chi connectivity index (χ3v) is 4.38. The van der Waals surface area contributed by atoms with E-state index < -0.39 is 0 Å². The number of para-hydroxylation sites is 1. The highest BCUT2D eigenvalue weighted by Gasteiger charge is 2.15. The summed E-state index contributed by atoms with van der Waals surface area (Å²) in [7, 11) is 0. The van der Waals surface area contributed by atoms with Gasteiger partial charge in [0, 0.05) is 15.2 Å². The molecule has 0 unspecified atom stereocenters. The Bertz CT molecular complexity index is 797. The second kappa shape index (κ2) is 5.42. The van der Waals surface area contributed by atoms with Crippen LogP contribution in [0, 0.1) is 6.92 Å².